The van der Waals surface area contributed by atoms with E-state index in [0.29, 0.717) is 5.56 Å². The molecule has 5 heteroatoms. The summed E-state index contributed by atoms with van der Waals surface area (Å²) in [6.45, 7) is 1.47. The van der Waals surface area contributed by atoms with Gasteiger partial charge in [0.05, 0.1) is 0 Å². The van der Waals surface area contributed by atoms with Crippen molar-refractivity contribution in [2.24, 2.45) is 0 Å². The number of rotatable bonds is 4. The van der Waals surface area contributed by atoms with Gasteiger partial charge in [0.1, 0.15) is 5.03 Å². The molecule has 2 rings (SSSR count). The lowest BCUT2D eigenvalue weighted by atomic mass is 10.3. The van der Waals surface area contributed by atoms with Crippen LogP contribution >= 0.6 is 11.8 Å². The van der Waals surface area contributed by atoms with Crippen molar-refractivity contribution < 1.29 is 9.59 Å². The number of pyridine rings is 1. The largest absolute Gasteiger partial charge is 0.326 e. The molecule has 0 aliphatic rings. The zero-order valence-corrected chi connectivity index (χ0v) is 11.1. The maximum absolute atomic E-state index is 10.9. The van der Waals surface area contributed by atoms with Crippen LogP contribution in [0.2, 0.25) is 0 Å². The molecular weight excluding hydrogens is 260 g/mol. The van der Waals surface area contributed by atoms with Crippen molar-refractivity contribution in [1.29, 1.82) is 0 Å². The molecule has 96 valence electrons. The first kappa shape index (κ1) is 13.3. The van der Waals surface area contributed by atoms with Crippen molar-refractivity contribution in [1.82, 2.24) is 4.98 Å². The third kappa shape index (κ3) is 3.93. The summed E-state index contributed by atoms with van der Waals surface area (Å²) in [4.78, 5) is 26.6. The predicted molar refractivity (Wildman–Crippen MR) is 74.5 cm³/mol. The van der Waals surface area contributed by atoms with Crippen molar-refractivity contribution in [2.45, 2.75) is 16.8 Å². The number of carbonyl (C=O) groups is 2. The van der Waals surface area contributed by atoms with Crippen molar-refractivity contribution in [3.8, 4) is 0 Å². The minimum atomic E-state index is -0.0912. The molecule has 1 aromatic heterocycles. The molecule has 4 nitrogen and oxygen atoms in total. The number of benzene rings is 1. The molecule has 0 atom stereocenters. The second kappa shape index (κ2) is 6.15. The van der Waals surface area contributed by atoms with E-state index in [-0.39, 0.29) is 5.91 Å². The standard InChI is InChI=1S/C14H12N2O2S/c1-10(18)16-12-3-5-13(6-4-12)19-14-7-2-11(9-17)8-15-14/h2-9H,1H3,(H,16,18). The molecule has 0 aliphatic heterocycles. The summed E-state index contributed by atoms with van der Waals surface area (Å²) < 4.78 is 0. The van der Waals surface area contributed by atoms with Gasteiger partial charge in [-0.3, -0.25) is 9.59 Å². The molecule has 0 saturated heterocycles. The van der Waals surface area contributed by atoms with Gasteiger partial charge in [0.2, 0.25) is 5.91 Å². The number of hydrogen-bond acceptors (Lipinski definition) is 4. The van der Waals surface area contributed by atoms with Gasteiger partial charge >= 0.3 is 0 Å². The van der Waals surface area contributed by atoms with E-state index in [1.165, 1.54) is 18.7 Å². The Kier molecular flexibility index (Phi) is 4.30. The summed E-state index contributed by atoms with van der Waals surface area (Å²) in [5, 5.41) is 3.53. The summed E-state index contributed by atoms with van der Waals surface area (Å²) in [7, 11) is 0. The monoisotopic (exact) mass is 272 g/mol. The Morgan fingerprint density at radius 3 is 2.47 bits per heavy atom. The smallest absolute Gasteiger partial charge is 0.221 e. The lowest BCUT2D eigenvalue weighted by Gasteiger charge is -2.04. The lowest BCUT2D eigenvalue weighted by Crippen LogP contribution is -2.05. The van der Waals surface area contributed by atoms with Gasteiger partial charge in [0, 0.05) is 29.3 Å². The number of anilines is 1. The van der Waals surface area contributed by atoms with Crippen LogP contribution in [0.5, 0.6) is 0 Å². The van der Waals surface area contributed by atoms with Crippen molar-refractivity contribution >= 4 is 29.6 Å². The SMILES string of the molecule is CC(=O)Nc1ccc(Sc2ccc(C=O)cn2)cc1. The minimum absolute atomic E-state index is 0.0912. The number of aromatic nitrogens is 1. The van der Waals surface area contributed by atoms with E-state index in [1.54, 1.807) is 18.3 Å². The van der Waals surface area contributed by atoms with Crippen LogP contribution in [-0.4, -0.2) is 17.2 Å². The van der Waals surface area contributed by atoms with Crippen LogP contribution in [-0.2, 0) is 4.79 Å². The first-order valence-corrected chi connectivity index (χ1v) is 6.46. The molecule has 0 spiro atoms. The van der Waals surface area contributed by atoms with Crippen LogP contribution in [0.15, 0.2) is 52.5 Å². The van der Waals surface area contributed by atoms with Gasteiger partial charge < -0.3 is 5.32 Å². The highest BCUT2D eigenvalue weighted by atomic mass is 32.2. The Balaban J connectivity index is 2.05. The summed E-state index contributed by atoms with van der Waals surface area (Å²) in [6, 6.07) is 11.0. The molecule has 1 heterocycles. The van der Waals surface area contributed by atoms with E-state index in [9.17, 15) is 9.59 Å². The molecular formula is C14H12N2O2S. The number of nitrogens with one attached hydrogen (secondary N) is 1. The van der Waals surface area contributed by atoms with E-state index in [1.807, 2.05) is 24.3 Å². The summed E-state index contributed by atoms with van der Waals surface area (Å²) in [6.07, 6.45) is 2.31. The molecule has 0 fully saturated rings. The molecule has 0 radical (unpaired) electrons. The van der Waals surface area contributed by atoms with Crippen LogP contribution < -0.4 is 5.32 Å². The van der Waals surface area contributed by atoms with Crippen molar-refractivity contribution in [2.75, 3.05) is 5.32 Å². The van der Waals surface area contributed by atoms with Crippen molar-refractivity contribution in [3.63, 3.8) is 0 Å². The molecule has 2 aromatic rings. The van der Waals surface area contributed by atoms with Gasteiger partial charge in [0.15, 0.2) is 6.29 Å². The molecule has 0 unspecified atom stereocenters. The number of amides is 1. The van der Waals surface area contributed by atoms with E-state index in [0.717, 1.165) is 21.9 Å². The number of aldehydes is 1. The van der Waals surface area contributed by atoms with Crippen LogP contribution in [0, 0.1) is 0 Å². The predicted octanol–water partition coefficient (Wildman–Crippen LogP) is 3.00. The summed E-state index contributed by atoms with van der Waals surface area (Å²) >= 11 is 1.49. The zero-order valence-electron chi connectivity index (χ0n) is 10.3. The van der Waals surface area contributed by atoms with Gasteiger partial charge in [-0.2, -0.15) is 0 Å². The summed E-state index contributed by atoms with van der Waals surface area (Å²) in [5.74, 6) is -0.0912. The normalized spacial score (nSPS) is 9.95. The van der Waals surface area contributed by atoms with Gasteiger partial charge in [-0.15, -0.1) is 0 Å². The Hall–Kier alpha value is -2.14. The Morgan fingerprint density at radius 1 is 1.21 bits per heavy atom. The van der Waals surface area contributed by atoms with Crippen LogP contribution in [0.25, 0.3) is 0 Å². The molecule has 1 aromatic carbocycles. The fourth-order valence-corrected chi connectivity index (χ4v) is 2.21. The second-order valence-electron chi connectivity index (χ2n) is 3.86. The average Bonchev–Trinajstić information content (AvgIpc) is 2.41. The van der Waals surface area contributed by atoms with Gasteiger partial charge in [0.25, 0.3) is 0 Å². The third-order valence-electron chi connectivity index (χ3n) is 2.29. The first-order chi connectivity index (χ1) is 9.17. The zero-order chi connectivity index (χ0) is 13.7. The molecule has 1 amide bonds. The number of carbonyl (C=O) groups excluding carboxylic acids is 2. The quantitative estimate of drug-likeness (QED) is 0.869. The topological polar surface area (TPSA) is 59.1 Å². The van der Waals surface area contributed by atoms with Gasteiger partial charge in [-0.1, -0.05) is 11.8 Å². The minimum Gasteiger partial charge on any atom is -0.326 e. The van der Waals surface area contributed by atoms with E-state index >= 15 is 0 Å². The molecule has 0 bridgehead atoms. The molecule has 0 saturated carbocycles. The molecule has 19 heavy (non-hydrogen) atoms. The van der Waals surface area contributed by atoms with Gasteiger partial charge in [-0.05, 0) is 36.4 Å². The number of hydrogen-bond donors (Lipinski definition) is 1. The fourth-order valence-electron chi connectivity index (χ4n) is 1.45. The number of nitrogens with zero attached hydrogens (tertiary/aromatic N) is 1. The molecule has 0 aliphatic carbocycles. The first-order valence-electron chi connectivity index (χ1n) is 5.64. The van der Waals surface area contributed by atoms with E-state index in [2.05, 4.69) is 10.3 Å². The Labute approximate surface area is 115 Å². The lowest BCUT2D eigenvalue weighted by molar-refractivity contribution is -0.114. The fraction of sp³-hybridized carbons (Fsp3) is 0.0714. The van der Waals surface area contributed by atoms with Crippen LogP contribution in [0.4, 0.5) is 5.69 Å². The van der Waals surface area contributed by atoms with Crippen molar-refractivity contribution in [3.05, 3.63) is 48.2 Å². The molecule has 1 N–H and O–H groups in total. The second-order valence-corrected chi connectivity index (χ2v) is 4.95. The Morgan fingerprint density at radius 2 is 1.95 bits per heavy atom. The van der Waals surface area contributed by atoms with E-state index < -0.39 is 0 Å². The highest BCUT2D eigenvalue weighted by Crippen LogP contribution is 2.26. The highest BCUT2D eigenvalue weighted by molar-refractivity contribution is 7.99. The van der Waals surface area contributed by atoms with E-state index in [4.69, 9.17) is 0 Å². The van der Waals surface area contributed by atoms with Crippen LogP contribution in [0.1, 0.15) is 17.3 Å². The van der Waals surface area contributed by atoms with Gasteiger partial charge in [-0.25, -0.2) is 4.98 Å². The Bertz CT molecular complexity index is 579. The summed E-state index contributed by atoms with van der Waals surface area (Å²) in [5.41, 5.74) is 1.33. The third-order valence-corrected chi connectivity index (χ3v) is 3.25. The average molecular weight is 272 g/mol. The van der Waals surface area contributed by atoms with Crippen LogP contribution in [0.3, 0.4) is 0 Å². The maximum atomic E-state index is 10.9. The maximum Gasteiger partial charge on any atom is 0.221 e. The highest BCUT2D eigenvalue weighted by Gasteiger charge is 2.00.